The summed E-state index contributed by atoms with van der Waals surface area (Å²) in [6.07, 6.45) is 3.78. The zero-order valence-electron chi connectivity index (χ0n) is 13.9. The van der Waals surface area contributed by atoms with Crippen LogP contribution in [0.15, 0.2) is 30.5 Å². The molecule has 25 heavy (non-hydrogen) atoms. The minimum absolute atomic E-state index is 0. The Morgan fingerprint density at radius 3 is 2.96 bits per heavy atom. The molecule has 3 rings (SSSR count). The number of carbonyl (C=O) groups is 1. The molecule has 1 aromatic heterocycles. The normalized spacial score (nSPS) is 16.2. The van der Waals surface area contributed by atoms with Gasteiger partial charge in [0.25, 0.3) is 5.91 Å². The van der Waals surface area contributed by atoms with E-state index in [4.69, 9.17) is 16.3 Å². The molecule has 0 spiro atoms. The average Bonchev–Trinajstić information content (AvgIpc) is 3.03. The van der Waals surface area contributed by atoms with Crippen LogP contribution >= 0.6 is 36.4 Å². The number of likely N-dealkylation sites (N-methyl/N-ethyl adjacent to an activating group) is 1. The highest BCUT2D eigenvalue weighted by Gasteiger charge is 2.28. The molecule has 1 amide bonds. The van der Waals surface area contributed by atoms with Crippen LogP contribution in [0.25, 0.3) is 10.9 Å². The molecule has 0 aliphatic carbocycles. The predicted octanol–water partition coefficient (Wildman–Crippen LogP) is 3.32. The van der Waals surface area contributed by atoms with Crippen molar-refractivity contribution < 1.29 is 9.53 Å². The Morgan fingerprint density at radius 1 is 1.40 bits per heavy atom. The highest BCUT2D eigenvalue weighted by molar-refractivity contribution is 6.35. The first kappa shape index (κ1) is 21.8. The predicted molar refractivity (Wildman–Crippen MR) is 105 cm³/mol. The van der Waals surface area contributed by atoms with Crippen LogP contribution in [0.1, 0.15) is 12.8 Å². The number of hydrogen-bond donors (Lipinski definition) is 1. The molecule has 1 atom stereocenters. The summed E-state index contributed by atoms with van der Waals surface area (Å²) in [5, 5.41) is 4.59. The summed E-state index contributed by atoms with van der Waals surface area (Å²) in [5.74, 6) is 0.601. The fourth-order valence-corrected chi connectivity index (χ4v) is 3.28. The summed E-state index contributed by atoms with van der Waals surface area (Å²) in [4.78, 5) is 18.7. The van der Waals surface area contributed by atoms with Gasteiger partial charge in [-0.1, -0.05) is 11.6 Å². The summed E-state index contributed by atoms with van der Waals surface area (Å²) in [6, 6.07) is 7.51. The van der Waals surface area contributed by atoms with Crippen molar-refractivity contribution in [1.29, 1.82) is 0 Å². The van der Waals surface area contributed by atoms with Crippen LogP contribution in [-0.4, -0.2) is 48.6 Å². The highest BCUT2D eigenvalue weighted by Crippen LogP contribution is 2.29. The summed E-state index contributed by atoms with van der Waals surface area (Å²) in [6.45, 7) is 1.64. The van der Waals surface area contributed by atoms with Crippen LogP contribution in [0.4, 0.5) is 0 Å². The summed E-state index contributed by atoms with van der Waals surface area (Å²) in [7, 11) is 1.91. The topological polar surface area (TPSA) is 54.5 Å². The van der Waals surface area contributed by atoms with Gasteiger partial charge >= 0.3 is 0 Å². The number of rotatable bonds is 5. The minimum Gasteiger partial charge on any atom is -0.481 e. The second-order valence-electron chi connectivity index (χ2n) is 5.67. The third kappa shape index (κ3) is 4.88. The first-order valence-corrected chi connectivity index (χ1v) is 8.18. The van der Waals surface area contributed by atoms with Crippen LogP contribution in [0.3, 0.4) is 0 Å². The Morgan fingerprint density at radius 2 is 2.20 bits per heavy atom. The first-order valence-electron chi connectivity index (χ1n) is 7.81. The van der Waals surface area contributed by atoms with Crippen molar-refractivity contribution >= 4 is 53.2 Å². The van der Waals surface area contributed by atoms with E-state index >= 15 is 0 Å². The van der Waals surface area contributed by atoms with Gasteiger partial charge in [-0.25, -0.2) is 0 Å². The number of benzene rings is 1. The van der Waals surface area contributed by atoms with E-state index in [0.717, 1.165) is 31.3 Å². The van der Waals surface area contributed by atoms with Gasteiger partial charge in [0, 0.05) is 30.7 Å². The number of fused-ring (bicyclic) bond motifs is 1. The largest absolute Gasteiger partial charge is 0.481 e. The van der Waals surface area contributed by atoms with E-state index in [0.29, 0.717) is 16.3 Å². The maximum Gasteiger partial charge on any atom is 0.260 e. The van der Waals surface area contributed by atoms with Crippen LogP contribution in [0, 0.1) is 0 Å². The van der Waals surface area contributed by atoms with Gasteiger partial charge < -0.3 is 15.0 Å². The lowest BCUT2D eigenvalue weighted by Gasteiger charge is -2.24. The maximum absolute atomic E-state index is 12.4. The molecule has 1 aliphatic rings. The fraction of sp³-hybridized carbons (Fsp3) is 0.412. The Kier molecular flexibility index (Phi) is 8.73. The number of likely N-dealkylation sites (tertiary alicyclic amines) is 1. The molecular formula is C17H22Cl3N3O2. The molecule has 1 aromatic carbocycles. The van der Waals surface area contributed by atoms with Gasteiger partial charge in [0.1, 0.15) is 11.3 Å². The van der Waals surface area contributed by atoms with Gasteiger partial charge in [0.15, 0.2) is 6.61 Å². The monoisotopic (exact) mass is 405 g/mol. The zero-order valence-corrected chi connectivity index (χ0v) is 16.3. The van der Waals surface area contributed by atoms with Crippen molar-refractivity contribution in [2.75, 3.05) is 26.7 Å². The highest BCUT2D eigenvalue weighted by atomic mass is 35.5. The van der Waals surface area contributed by atoms with Crippen LogP contribution in [0.5, 0.6) is 5.75 Å². The van der Waals surface area contributed by atoms with Gasteiger partial charge in [0.05, 0.1) is 5.02 Å². The van der Waals surface area contributed by atoms with E-state index in [1.165, 1.54) is 0 Å². The molecule has 2 heterocycles. The van der Waals surface area contributed by atoms with Crippen LogP contribution in [0.2, 0.25) is 5.02 Å². The molecule has 0 radical (unpaired) electrons. The molecule has 2 aromatic rings. The van der Waals surface area contributed by atoms with E-state index in [-0.39, 0.29) is 43.4 Å². The van der Waals surface area contributed by atoms with Crippen molar-refractivity contribution in [3.63, 3.8) is 0 Å². The molecule has 1 fully saturated rings. The molecule has 1 aliphatic heterocycles. The maximum atomic E-state index is 12.4. The third-order valence-corrected chi connectivity index (χ3v) is 4.50. The van der Waals surface area contributed by atoms with Gasteiger partial charge in [-0.2, -0.15) is 0 Å². The van der Waals surface area contributed by atoms with Crippen molar-refractivity contribution in [3.05, 3.63) is 35.5 Å². The quantitative estimate of drug-likeness (QED) is 0.827. The minimum atomic E-state index is 0. The standard InChI is InChI=1S/C17H20ClN3O2.2ClH/c1-19-10-12-4-3-9-21(12)16(22)11-23-15-7-6-14(18)13-5-2-8-20-17(13)15;;/h2,5-8,12,19H,3-4,9-11H2,1H3;2*1H. The number of nitrogens with one attached hydrogen (secondary N) is 1. The Bertz CT molecular complexity index is 715. The Hall–Kier alpha value is -1.27. The number of hydrogen-bond acceptors (Lipinski definition) is 4. The summed E-state index contributed by atoms with van der Waals surface area (Å²) < 4.78 is 5.74. The van der Waals surface area contributed by atoms with Crippen LogP contribution < -0.4 is 10.1 Å². The van der Waals surface area contributed by atoms with Crippen molar-refractivity contribution in [2.45, 2.75) is 18.9 Å². The number of pyridine rings is 1. The summed E-state index contributed by atoms with van der Waals surface area (Å²) in [5.41, 5.74) is 0.681. The third-order valence-electron chi connectivity index (χ3n) is 4.17. The molecule has 138 valence electrons. The number of aromatic nitrogens is 1. The Labute approximate surface area is 164 Å². The molecule has 5 nitrogen and oxygen atoms in total. The van der Waals surface area contributed by atoms with Gasteiger partial charge in [-0.3, -0.25) is 9.78 Å². The van der Waals surface area contributed by atoms with Crippen molar-refractivity contribution in [2.24, 2.45) is 0 Å². The number of ether oxygens (including phenoxy) is 1. The SMILES string of the molecule is CNCC1CCCN1C(=O)COc1ccc(Cl)c2cccnc12.Cl.Cl. The van der Waals surface area contributed by atoms with Crippen molar-refractivity contribution in [3.8, 4) is 5.75 Å². The van der Waals surface area contributed by atoms with Crippen LogP contribution in [-0.2, 0) is 4.79 Å². The smallest absolute Gasteiger partial charge is 0.260 e. The number of halogens is 3. The molecular weight excluding hydrogens is 385 g/mol. The molecule has 1 unspecified atom stereocenters. The Balaban J connectivity index is 0.00000156. The molecule has 0 saturated carbocycles. The van der Waals surface area contributed by atoms with Gasteiger partial charge in [-0.05, 0) is 44.2 Å². The van der Waals surface area contributed by atoms with E-state index < -0.39 is 0 Å². The zero-order chi connectivity index (χ0) is 16.2. The lowest BCUT2D eigenvalue weighted by atomic mass is 10.2. The van der Waals surface area contributed by atoms with E-state index in [9.17, 15) is 4.79 Å². The lowest BCUT2D eigenvalue weighted by Crippen LogP contribution is -2.43. The van der Waals surface area contributed by atoms with E-state index in [1.807, 2.05) is 24.1 Å². The van der Waals surface area contributed by atoms with Crippen molar-refractivity contribution in [1.82, 2.24) is 15.2 Å². The number of nitrogens with zero attached hydrogens (tertiary/aromatic N) is 2. The summed E-state index contributed by atoms with van der Waals surface area (Å²) >= 11 is 6.17. The molecule has 0 bridgehead atoms. The second kappa shape index (κ2) is 10.0. The number of carbonyl (C=O) groups excluding carboxylic acids is 1. The fourth-order valence-electron chi connectivity index (χ4n) is 3.06. The van der Waals surface area contributed by atoms with Gasteiger partial charge in [-0.15, -0.1) is 24.8 Å². The molecule has 1 saturated heterocycles. The van der Waals surface area contributed by atoms with E-state index in [1.54, 1.807) is 18.3 Å². The average molecular weight is 407 g/mol. The number of amides is 1. The van der Waals surface area contributed by atoms with Gasteiger partial charge in [0.2, 0.25) is 0 Å². The second-order valence-corrected chi connectivity index (χ2v) is 6.08. The lowest BCUT2D eigenvalue weighted by molar-refractivity contribution is -0.134. The first-order chi connectivity index (χ1) is 11.2. The van der Waals surface area contributed by atoms with E-state index in [2.05, 4.69) is 10.3 Å². The molecule has 1 N–H and O–H groups in total. The molecule has 8 heteroatoms.